The van der Waals surface area contributed by atoms with Crippen LogP contribution in [0.5, 0.6) is 0 Å². The number of unbranched alkanes of at least 4 members (excludes halogenated alkanes) is 11. The molecule has 0 aromatic rings. The van der Waals surface area contributed by atoms with Crippen molar-refractivity contribution >= 4 is 19.8 Å². The Bertz CT molecular complexity index is 1290. The molecule has 0 aliphatic heterocycles. The highest BCUT2D eigenvalue weighted by atomic mass is 31.2. The number of hydrogen-bond donors (Lipinski definition) is 4. The van der Waals surface area contributed by atoms with Crippen molar-refractivity contribution < 1.29 is 57.4 Å². The van der Waals surface area contributed by atoms with Crippen LogP contribution in [0.1, 0.15) is 136 Å². The number of quaternary nitrogens is 1. The molecule has 0 aromatic carbocycles. The molecule has 0 aliphatic carbocycles. The SMILES string of the molecule is CC/C=C\C[C@@H](O)/C=C/C=C/C=C\C=C/[C@H](O)[C@@H](O)CCCC(=O)OC[C@H](COP(=O)(O)OCC[N+](C)(C)C)OC(=O)CCCCCCC/C=C\CCCCCCCC. The van der Waals surface area contributed by atoms with Gasteiger partial charge in [0.25, 0.3) is 0 Å². The maximum absolute atomic E-state index is 12.7. The van der Waals surface area contributed by atoms with E-state index >= 15 is 0 Å². The molecule has 0 aliphatic rings. The standard InChI is InChI=1S/C46H80NO11P/c1-6-8-10-11-12-13-14-15-16-17-18-19-20-25-29-35-46(52)58-42(40-57-59(53,54)56-38-37-47(3,4)5)39-55-45(51)36-30-34-44(50)43(49)33-28-24-22-21-23-27-32-41(48)31-26-9-7-2/h9,15-16,21-24,26-28,32-33,41-44,48-50H,6-8,10-14,17-20,25,29-31,34-40H2,1-5H3/p+1/b16-15-,23-21+,24-22-,26-9-,32-27+,33-28-/t41-,42-,43+,44+/m1/s1. The number of likely N-dealkylation sites (N-methyl/N-ethyl adjacent to an activating group) is 1. The van der Waals surface area contributed by atoms with Crippen LogP contribution in [0.4, 0.5) is 0 Å². The van der Waals surface area contributed by atoms with Gasteiger partial charge in [0.2, 0.25) is 0 Å². The van der Waals surface area contributed by atoms with Crippen molar-refractivity contribution in [3.8, 4) is 0 Å². The lowest BCUT2D eigenvalue weighted by Crippen LogP contribution is -2.37. The van der Waals surface area contributed by atoms with E-state index in [1.165, 1.54) is 44.6 Å². The first kappa shape index (κ1) is 56.3. The first-order valence-electron chi connectivity index (χ1n) is 22.0. The van der Waals surface area contributed by atoms with Crippen LogP contribution in [0, 0.1) is 0 Å². The first-order chi connectivity index (χ1) is 28.2. The molecule has 0 fully saturated rings. The van der Waals surface area contributed by atoms with E-state index in [1.807, 2.05) is 40.2 Å². The second-order valence-corrected chi connectivity index (χ2v) is 17.4. The molecule has 1 unspecified atom stereocenters. The zero-order chi connectivity index (χ0) is 44.0. The van der Waals surface area contributed by atoms with Gasteiger partial charge in [-0.25, -0.2) is 4.57 Å². The van der Waals surface area contributed by atoms with Gasteiger partial charge < -0.3 is 34.2 Å². The summed E-state index contributed by atoms with van der Waals surface area (Å²) in [4.78, 5) is 35.4. The van der Waals surface area contributed by atoms with Crippen LogP contribution in [0.3, 0.4) is 0 Å². The van der Waals surface area contributed by atoms with Crippen molar-refractivity contribution in [3.63, 3.8) is 0 Å². The third-order valence-electron chi connectivity index (χ3n) is 9.06. The molecule has 340 valence electrons. The van der Waals surface area contributed by atoms with E-state index in [9.17, 15) is 34.4 Å². The predicted molar refractivity (Wildman–Crippen MR) is 237 cm³/mol. The van der Waals surface area contributed by atoms with Gasteiger partial charge in [-0.15, -0.1) is 0 Å². The van der Waals surface area contributed by atoms with Gasteiger partial charge in [0.05, 0.1) is 46.1 Å². The minimum Gasteiger partial charge on any atom is -0.462 e. The van der Waals surface area contributed by atoms with Gasteiger partial charge in [0.15, 0.2) is 6.10 Å². The van der Waals surface area contributed by atoms with Gasteiger partial charge in [0, 0.05) is 12.8 Å². The summed E-state index contributed by atoms with van der Waals surface area (Å²) in [5.74, 6) is -1.15. The van der Waals surface area contributed by atoms with E-state index in [2.05, 4.69) is 19.1 Å². The fourth-order valence-corrected chi connectivity index (χ4v) is 6.21. The molecule has 0 bridgehead atoms. The Morgan fingerprint density at radius 1 is 0.661 bits per heavy atom. The highest BCUT2D eigenvalue weighted by Gasteiger charge is 2.27. The fraction of sp³-hybridized carbons (Fsp3) is 0.696. The van der Waals surface area contributed by atoms with Crippen molar-refractivity contribution in [1.29, 1.82) is 0 Å². The summed E-state index contributed by atoms with van der Waals surface area (Å²) in [6.07, 6.45) is 34.7. The highest BCUT2D eigenvalue weighted by Crippen LogP contribution is 2.43. The molecule has 0 amide bonds. The third kappa shape index (κ3) is 39.2. The molecule has 0 saturated carbocycles. The summed E-state index contributed by atoms with van der Waals surface area (Å²) >= 11 is 0. The minimum atomic E-state index is -4.46. The monoisotopic (exact) mass is 855 g/mol. The molecule has 0 aromatic heterocycles. The molecule has 13 heteroatoms. The molecular weight excluding hydrogens is 773 g/mol. The maximum Gasteiger partial charge on any atom is 0.472 e. The average Bonchev–Trinajstić information content (AvgIpc) is 3.17. The van der Waals surface area contributed by atoms with Crippen molar-refractivity contribution in [3.05, 3.63) is 72.9 Å². The molecular formula is C46H81NO11P+. The normalized spacial score (nSPS) is 15.9. The van der Waals surface area contributed by atoms with Gasteiger partial charge >= 0.3 is 19.8 Å². The number of aliphatic hydroxyl groups excluding tert-OH is 3. The van der Waals surface area contributed by atoms with Crippen molar-refractivity contribution in [2.45, 2.75) is 160 Å². The third-order valence-corrected chi connectivity index (χ3v) is 10.0. The molecule has 4 N–H and O–H groups in total. The number of carbonyl (C=O) groups is 2. The fourth-order valence-electron chi connectivity index (χ4n) is 5.47. The van der Waals surface area contributed by atoms with Crippen LogP contribution in [0.2, 0.25) is 0 Å². The minimum absolute atomic E-state index is 0.0291. The lowest BCUT2D eigenvalue weighted by Gasteiger charge is -2.24. The number of phosphoric acid groups is 1. The average molecular weight is 855 g/mol. The van der Waals surface area contributed by atoms with Crippen LogP contribution in [0.15, 0.2) is 72.9 Å². The summed E-state index contributed by atoms with van der Waals surface area (Å²) in [6, 6.07) is 0. The van der Waals surface area contributed by atoms with E-state index in [0.29, 0.717) is 23.9 Å². The van der Waals surface area contributed by atoms with E-state index < -0.39 is 57.4 Å². The smallest absolute Gasteiger partial charge is 0.462 e. The van der Waals surface area contributed by atoms with Crippen molar-refractivity contribution in [1.82, 2.24) is 0 Å². The number of esters is 2. The number of nitrogens with zero attached hydrogens (tertiary/aromatic N) is 1. The van der Waals surface area contributed by atoms with Crippen LogP contribution in [-0.2, 0) is 32.7 Å². The number of allylic oxidation sites excluding steroid dienone is 9. The second-order valence-electron chi connectivity index (χ2n) is 15.9. The lowest BCUT2D eigenvalue weighted by molar-refractivity contribution is -0.870. The molecule has 0 heterocycles. The second kappa shape index (κ2) is 37.1. The number of aliphatic hydroxyl groups is 3. The Labute approximate surface area is 356 Å². The molecule has 0 radical (unpaired) electrons. The Morgan fingerprint density at radius 3 is 1.86 bits per heavy atom. The van der Waals surface area contributed by atoms with Gasteiger partial charge in [-0.2, -0.15) is 0 Å². The van der Waals surface area contributed by atoms with Gasteiger partial charge in [0.1, 0.15) is 19.8 Å². The lowest BCUT2D eigenvalue weighted by atomic mass is 10.1. The topological polar surface area (TPSA) is 169 Å². The number of phosphoric ester groups is 1. The molecule has 12 nitrogen and oxygen atoms in total. The van der Waals surface area contributed by atoms with Gasteiger partial charge in [-0.1, -0.05) is 138 Å². The van der Waals surface area contributed by atoms with E-state index in [0.717, 1.165) is 44.9 Å². The van der Waals surface area contributed by atoms with E-state index in [4.69, 9.17) is 18.5 Å². The van der Waals surface area contributed by atoms with Crippen LogP contribution < -0.4 is 0 Å². The van der Waals surface area contributed by atoms with Crippen molar-refractivity contribution in [2.24, 2.45) is 0 Å². The van der Waals surface area contributed by atoms with E-state index in [-0.39, 0.29) is 32.3 Å². The van der Waals surface area contributed by atoms with E-state index in [1.54, 1.807) is 42.5 Å². The van der Waals surface area contributed by atoms with Gasteiger partial charge in [-0.05, 0) is 57.8 Å². The van der Waals surface area contributed by atoms with Crippen LogP contribution >= 0.6 is 7.82 Å². The first-order valence-corrected chi connectivity index (χ1v) is 23.5. The molecule has 59 heavy (non-hydrogen) atoms. The molecule has 5 atom stereocenters. The molecule has 0 rings (SSSR count). The summed E-state index contributed by atoms with van der Waals surface area (Å²) in [6.45, 7) is 3.80. The Morgan fingerprint density at radius 2 is 1.24 bits per heavy atom. The zero-order valence-electron chi connectivity index (χ0n) is 37.0. The Balaban J connectivity index is 4.71. The van der Waals surface area contributed by atoms with Crippen molar-refractivity contribution in [2.75, 3.05) is 47.5 Å². The highest BCUT2D eigenvalue weighted by molar-refractivity contribution is 7.47. The van der Waals surface area contributed by atoms with Crippen LogP contribution in [-0.4, -0.2) is 109 Å². The molecule has 0 spiro atoms. The summed E-state index contributed by atoms with van der Waals surface area (Å²) in [5, 5.41) is 30.4. The number of ether oxygens (including phenoxy) is 2. The Kier molecular flexibility index (Phi) is 35.4. The number of hydrogen-bond acceptors (Lipinski definition) is 10. The number of rotatable bonds is 38. The summed E-state index contributed by atoms with van der Waals surface area (Å²) in [5.41, 5.74) is 0. The number of carbonyl (C=O) groups excluding carboxylic acids is 2. The predicted octanol–water partition coefficient (Wildman–Crippen LogP) is 9.15. The molecule has 0 saturated heterocycles. The maximum atomic E-state index is 12.7. The zero-order valence-corrected chi connectivity index (χ0v) is 37.9. The summed E-state index contributed by atoms with van der Waals surface area (Å²) in [7, 11) is 1.27. The quantitative estimate of drug-likeness (QED) is 0.0117. The van der Waals surface area contributed by atoms with Gasteiger partial charge in [-0.3, -0.25) is 18.6 Å². The summed E-state index contributed by atoms with van der Waals surface area (Å²) < 4.78 is 34.0. The Hall–Kier alpha value is -2.67. The largest absolute Gasteiger partial charge is 0.472 e. The van der Waals surface area contributed by atoms with Crippen LogP contribution in [0.25, 0.3) is 0 Å².